The molecule has 1 aromatic heterocycles. The highest BCUT2D eigenvalue weighted by Gasteiger charge is 2.19. The summed E-state index contributed by atoms with van der Waals surface area (Å²) in [6.45, 7) is 5.72. The lowest BCUT2D eigenvalue weighted by molar-refractivity contribution is -0.113. The van der Waals surface area contributed by atoms with Gasteiger partial charge in [-0.3, -0.25) is 9.59 Å². The molecule has 0 unspecified atom stereocenters. The number of amides is 2. The van der Waals surface area contributed by atoms with E-state index in [9.17, 15) is 9.59 Å². The van der Waals surface area contributed by atoms with E-state index in [1.54, 1.807) is 28.8 Å². The molecule has 2 aromatic carbocycles. The normalized spacial score (nSPS) is 11.8. The molecule has 0 aliphatic rings. The third-order valence-corrected chi connectivity index (χ3v) is 5.98. The number of nitrogens with one attached hydrogen (secondary N) is 2. The molecule has 2 N–H and O–H groups in total. The van der Waals surface area contributed by atoms with Gasteiger partial charge >= 0.3 is 0 Å². The highest BCUT2D eigenvalue weighted by molar-refractivity contribution is 7.99. The van der Waals surface area contributed by atoms with Gasteiger partial charge in [-0.1, -0.05) is 47.1 Å². The van der Waals surface area contributed by atoms with Gasteiger partial charge in [0.25, 0.3) is 5.91 Å². The van der Waals surface area contributed by atoms with E-state index in [2.05, 4.69) is 20.8 Å². The molecule has 0 aliphatic carbocycles. The van der Waals surface area contributed by atoms with Crippen LogP contribution in [0.3, 0.4) is 0 Å². The van der Waals surface area contributed by atoms with E-state index in [1.807, 2.05) is 46.0 Å². The average Bonchev–Trinajstić information content (AvgIpc) is 3.10. The molecule has 7 nitrogen and oxygen atoms in total. The minimum absolute atomic E-state index is 0.166. The van der Waals surface area contributed by atoms with Gasteiger partial charge in [-0.2, -0.15) is 0 Å². The number of nitrogens with zero attached hydrogens (tertiary/aromatic N) is 3. The van der Waals surface area contributed by atoms with E-state index < -0.39 is 0 Å². The first-order chi connectivity index (χ1) is 14.7. The molecule has 1 heterocycles. The third-order valence-electron chi connectivity index (χ3n) is 4.72. The average molecular weight is 458 g/mol. The standard InChI is InChI=1S/C22H24ClN5O2S/c1-13-5-8-16(9-6-13)21(30)24-15(3)20-26-27-22(28(20)4)31-12-19(29)25-18-11-17(23)10-7-14(18)2/h5-11,15H,12H2,1-4H3,(H,24,30)(H,25,29)/t15-/m1/s1. The van der Waals surface area contributed by atoms with Crippen LogP contribution in [0.25, 0.3) is 0 Å². The van der Waals surface area contributed by atoms with Crippen molar-refractivity contribution in [3.05, 3.63) is 70.0 Å². The van der Waals surface area contributed by atoms with Crippen LogP contribution in [0.2, 0.25) is 5.02 Å². The number of carbonyl (C=O) groups is 2. The molecule has 1 atom stereocenters. The molecule has 0 spiro atoms. The SMILES string of the molecule is Cc1ccc(C(=O)N[C@H](C)c2nnc(SCC(=O)Nc3cc(Cl)ccc3C)n2C)cc1. The van der Waals surface area contributed by atoms with Gasteiger partial charge < -0.3 is 15.2 Å². The smallest absolute Gasteiger partial charge is 0.251 e. The number of anilines is 1. The number of carbonyl (C=O) groups excluding carboxylic acids is 2. The van der Waals surface area contributed by atoms with Crippen LogP contribution in [0, 0.1) is 13.8 Å². The number of rotatable bonds is 7. The molecule has 162 valence electrons. The highest BCUT2D eigenvalue weighted by atomic mass is 35.5. The van der Waals surface area contributed by atoms with Crippen molar-refractivity contribution in [2.24, 2.45) is 7.05 Å². The molecule has 3 aromatic rings. The van der Waals surface area contributed by atoms with Crippen LogP contribution in [0.4, 0.5) is 5.69 Å². The zero-order valence-corrected chi connectivity index (χ0v) is 19.3. The fraction of sp³-hybridized carbons (Fsp3) is 0.273. The monoisotopic (exact) mass is 457 g/mol. The fourth-order valence-corrected chi connectivity index (χ4v) is 3.81. The van der Waals surface area contributed by atoms with Crippen molar-refractivity contribution in [1.29, 1.82) is 0 Å². The number of hydrogen-bond donors (Lipinski definition) is 2. The molecule has 3 rings (SSSR count). The Morgan fingerprint density at radius 3 is 2.55 bits per heavy atom. The van der Waals surface area contributed by atoms with Crippen LogP contribution in [0.5, 0.6) is 0 Å². The Morgan fingerprint density at radius 1 is 1.13 bits per heavy atom. The van der Waals surface area contributed by atoms with Gasteiger partial charge in [0.15, 0.2) is 11.0 Å². The van der Waals surface area contributed by atoms with Gasteiger partial charge in [0.2, 0.25) is 5.91 Å². The van der Waals surface area contributed by atoms with Crippen molar-refractivity contribution in [2.45, 2.75) is 32.0 Å². The van der Waals surface area contributed by atoms with E-state index in [4.69, 9.17) is 11.6 Å². The summed E-state index contributed by atoms with van der Waals surface area (Å²) in [4.78, 5) is 24.8. The number of aryl methyl sites for hydroxylation is 2. The molecular weight excluding hydrogens is 434 g/mol. The fourth-order valence-electron chi connectivity index (χ4n) is 2.92. The lowest BCUT2D eigenvalue weighted by atomic mass is 10.1. The molecular formula is C22H24ClN5O2S. The first-order valence-corrected chi connectivity index (χ1v) is 11.1. The van der Waals surface area contributed by atoms with E-state index in [0.29, 0.717) is 27.3 Å². The summed E-state index contributed by atoms with van der Waals surface area (Å²) < 4.78 is 1.78. The molecule has 0 bridgehead atoms. The van der Waals surface area contributed by atoms with Gasteiger partial charge in [0.05, 0.1) is 11.8 Å². The molecule has 2 amide bonds. The van der Waals surface area contributed by atoms with Crippen LogP contribution >= 0.6 is 23.4 Å². The maximum atomic E-state index is 12.5. The summed E-state index contributed by atoms with van der Waals surface area (Å²) in [5.41, 5.74) is 3.29. The number of hydrogen-bond acceptors (Lipinski definition) is 5. The van der Waals surface area contributed by atoms with Crippen molar-refractivity contribution in [1.82, 2.24) is 20.1 Å². The van der Waals surface area contributed by atoms with Crippen LogP contribution < -0.4 is 10.6 Å². The second-order valence-electron chi connectivity index (χ2n) is 7.26. The number of thioether (sulfide) groups is 1. The maximum Gasteiger partial charge on any atom is 0.251 e. The Labute approximate surface area is 190 Å². The summed E-state index contributed by atoms with van der Waals surface area (Å²) in [5, 5.41) is 15.3. The molecule has 0 fully saturated rings. The zero-order chi connectivity index (χ0) is 22.5. The topological polar surface area (TPSA) is 88.9 Å². The summed E-state index contributed by atoms with van der Waals surface area (Å²) in [6.07, 6.45) is 0. The van der Waals surface area contributed by atoms with Crippen LogP contribution in [-0.2, 0) is 11.8 Å². The summed E-state index contributed by atoms with van der Waals surface area (Å²) >= 11 is 7.27. The zero-order valence-electron chi connectivity index (χ0n) is 17.8. The second-order valence-corrected chi connectivity index (χ2v) is 8.64. The largest absolute Gasteiger partial charge is 0.342 e. The van der Waals surface area contributed by atoms with E-state index >= 15 is 0 Å². The Morgan fingerprint density at radius 2 is 1.84 bits per heavy atom. The second kappa shape index (κ2) is 9.98. The van der Waals surface area contributed by atoms with E-state index in [0.717, 1.165) is 11.1 Å². The van der Waals surface area contributed by atoms with Crippen LogP contribution in [-0.4, -0.2) is 32.3 Å². The summed E-state index contributed by atoms with van der Waals surface area (Å²) in [6, 6.07) is 12.4. The first-order valence-electron chi connectivity index (χ1n) is 9.70. The lowest BCUT2D eigenvalue weighted by Crippen LogP contribution is -2.28. The van der Waals surface area contributed by atoms with Crippen molar-refractivity contribution < 1.29 is 9.59 Å². The van der Waals surface area contributed by atoms with E-state index in [1.165, 1.54) is 11.8 Å². The summed E-state index contributed by atoms with van der Waals surface area (Å²) in [7, 11) is 1.81. The molecule has 0 radical (unpaired) electrons. The molecule has 0 aliphatic heterocycles. The minimum Gasteiger partial charge on any atom is -0.342 e. The Kier molecular flexibility index (Phi) is 7.35. The van der Waals surface area contributed by atoms with Gasteiger partial charge in [0.1, 0.15) is 0 Å². The first kappa shape index (κ1) is 22.8. The van der Waals surface area contributed by atoms with Crippen molar-refractivity contribution in [2.75, 3.05) is 11.1 Å². The Balaban J connectivity index is 1.59. The molecule has 0 saturated carbocycles. The number of aromatic nitrogens is 3. The quantitative estimate of drug-likeness (QED) is 0.516. The maximum absolute atomic E-state index is 12.5. The minimum atomic E-state index is -0.344. The van der Waals surface area contributed by atoms with Crippen LogP contribution in [0.1, 0.15) is 40.3 Å². The van der Waals surface area contributed by atoms with Gasteiger partial charge in [-0.15, -0.1) is 10.2 Å². The van der Waals surface area contributed by atoms with Crippen molar-refractivity contribution in [3.63, 3.8) is 0 Å². The van der Waals surface area contributed by atoms with Gasteiger partial charge in [0, 0.05) is 23.3 Å². The number of benzene rings is 2. The molecule has 9 heteroatoms. The summed E-state index contributed by atoms with van der Waals surface area (Å²) in [5.74, 6) is 0.429. The van der Waals surface area contributed by atoms with Crippen molar-refractivity contribution in [3.8, 4) is 0 Å². The third kappa shape index (κ3) is 5.86. The van der Waals surface area contributed by atoms with Gasteiger partial charge in [-0.05, 0) is 50.6 Å². The Bertz CT molecular complexity index is 1100. The number of halogens is 1. The highest BCUT2D eigenvalue weighted by Crippen LogP contribution is 2.22. The van der Waals surface area contributed by atoms with Crippen LogP contribution in [0.15, 0.2) is 47.6 Å². The predicted molar refractivity (Wildman–Crippen MR) is 124 cm³/mol. The molecule has 31 heavy (non-hydrogen) atoms. The molecule has 0 saturated heterocycles. The van der Waals surface area contributed by atoms with E-state index in [-0.39, 0.29) is 23.6 Å². The van der Waals surface area contributed by atoms with Crippen molar-refractivity contribution >= 4 is 40.9 Å². The Hall–Kier alpha value is -2.84. The predicted octanol–water partition coefficient (Wildman–Crippen LogP) is 4.31. The van der Waals surface area contributed by atoms with Gasteiger partial charge in [-0.25, -0.2) is 0 Å². The lowest BCUT2D eigenvalue weighted by Gasteiger charge is -2.14.